The smallest absolute Gasteiger partial charge is 0.309 e. The lowest BCUT2D eigenvalue weighted by Crippen LogP contribution is -2.40. The summed E-state index contributed by atoms with van der Waals surface area (Å²) in [4.78, 5) is 28.7. The van der Waals surface area contributed by atoms with Gasteiger partial charge in [-0.3, -0.25) is 18.7 Å². The van der Waals surface area contributed by atoms with Crippen molar-refractivity contribution >= 4 is 54.6 Å². The molecule has 0 spiro atoms. The molecule has 0 aliphatic heterocycles. The second-order valence-corrected chi connectivity index (χ2v) is 12.5. The molecule has 10 aromatic rings. The van der Waals surface area contributed by atoms with Gasteiger partial charge in [-0.15, -0.1) is 0 Å². The molecule has 0 N–H and O–H groups in total. The maximum absolute atomic E-state index is 14.4. The number of hydrogen-bond acceptors (Lipinski definition) is 2. The van der Waals surface area contributed by atoms with Gasteiger partial charge in [0.2, 0.25) is 0 Å². The van der Waals surface area contributed by atoms with Crippen molar-refractivity contribution in [3.63, 3.8) is 0 Å². The van der Waals surface area contributed by atoms with Gasteiger partial charge in [-0.05, 0) is 72.8 Å². The van der Waals surface area contributed by atoms with E-state index >= 15 is 0 Å². The van der Waals surface area contributed by atoms with Crippen LogP contribution in [-0.2, 0) is 0 Å². The van der Waals surface area contributed by atoms with Crippen molar-refractivity contribution < 1.29 is 0 Å². The number of para-hydroxylation sites is 6. The van der Waals surface area contributed by atoms with E-state index in [4.69, 9.17) is 0 Å². The van der Waals surface area contributed by atoms with Crippen LogP contribution in [0.3, 0.4) is 0 Å². The molecule has 3 heterocycles. The van der Waals surface area contributed by atoms with Gasteiger partial charge in [-0.25, -0.2) is 0 Å². The monoisotopic (exact) mass is 644 g/mol. The number of hydrogen-bond donors (Lipinski definition) is 0. The van der Waals surface area contributed by atoms with Crippen LogP contribution in [0.5, 0.6) is 0 Å². The average molecular weight is 645 g/mol. The fraction of sp³-hybridized carbons (Fsp3) is 0. The summed E-state index contributed by atoms with van der Waals surface area (Å²) in [5.41, 5.74) is 7.39. The molecular formula is C44H28N4O2. The first-order valence-electron chi connectivity index (χ1n) is 16.6. The molecule has 0 atom stereocenters. The highest BCUT2D eigenvalue weighted by atomic mass is 16.2. The molecule has 6 heteroatoms. The van der Waals surface area contributed by atoms with E-state index in [1.165, 1.54) is 0 Å². The van der Waals surface area contributed by atoms with Gasteiger partial charge in [-0.2, -0.15) is 0 Å². The first-order valence-corrected chi connectivity index (χ1v) is 16.6. The highest BCUT2D eigenvalue weighted by Gasteiger charge is 2.20. The van der Waals surface area contributed by atoms with Crippen molar-refractivity contribution in [1.29, 1.82) is 0 Å². The highest BCUT2D eigenvalue weighted by molar-refractivity contribution is 6.11. The fourth-order valence-corrected chi connectivity index (χ4v) is 7.67. The molecule has 0 saturated heterocycles. The minimum atomic E-state index is -0.617. The summed E-state index contributed by atoms with van der Waals surface area (Å²) in [6, 6.07) is 56.7. The predicted octanol–water partition coefficient (Wildman–Crippen LogP) is 9.34. The molecule has 6 nitrogen and oxygen atoms in total. The molecular weight excluding hydrogens is 617 g/mol. The van der Waals surface area contributed by atoms with Crippen molar-refractivity contribution in [2.75, 3.05) is 0 Å². The molecule has 0 radical (unpaired) electrons. The van der Waals surface area contributed by atoms with Crippen molar-refractivity contribution in [2.24, 2.45) is 0 Å². The van der Waals surface area contributed by atoms with E-state index in [1.54, 1.807) is 9.13 Å². The zero-order valence-electron chi connectivity index (χ0n) is 26.8. The first-order chi connectivity index (χ1) is 24.7. The first kappa shape index (κ1) is 28.1. The van der Waals surface area contributed by atoms with Crippen LogP contribution in [0.15, 0.2) is 179 Å². The van der Waals surface area contributed by atoms with Crippen LogP contribution in [0.2, 0.25) is 0 Å². The van der Waals surface area contributed by atoms with Gasteiger partial charge in [0.05, 0.1) is 44.5 Å². The van der Waals surface area contributed by atoms with Crippen molar-refractivity contribution in [3.05, 3.63) is 191 Å². The third kappa shape index (κ3) is 4.02. The third-order valence-electron chi connectivity index (χ3n) is 9.81. The van der Waals surface area contributed by atoms with Gasteiger partial charge in [0.15, 0.2) is 0 Å². The van der Waals surface area contributed by atoms with Crippen molar-refractivity contribution in [2.45, 2.75) is 0 Å². The Morgan fingerprint density at radius 2 is 0.600 bits per heavy atom. The third-order valence-corrected chi connectivity index (χ3v) is 9.81. The lowest BCUT2D eigenvalue weighted by molar-refractivity contribution is 0.919. The van der Waals surface area contributed by atoms with Crippen molar-refractivity contribution in [3.8, 4) is 22.7 Å². The molecule has 0 aliphatic rings. The minimum Gasteiger partial charge on any atom is -0.309 e. The van der Waals surface area contributed by atoms with Gasteiger partial charge >= 0.3 is 11.1 Å². The van der Waals surface area contributed by atoms with Gasteiger partial charge in [0, 0.05) is 32.9 Å². The average Bonchev–Trinajstić information content (AvgIpc) is 3.68. The topological polar surface area (TPSA) is 53.9 Å². The Morgan fingerprint density at radius 1 is 0.260 bits per heavy atom. The van der Waals surface area contributed by atoms with Gasteiger partial charge < -0.3 is 9.13 Å². The Balaban J connectivity index is 1.23. The molecule has 7 aromatic carbocycles. The summed E-state index contributed by atoms with van der Waals surface area (Å²) in [6.07, 6.45) is 0. The Kier molecular flexibility index (Phi) is 6.08. The highest BCUT2D eigenvalue weighted by Crippen LogP contribution is 2.35. The normalized spacial score (nSPS) is 11.8. The Morgan fingerprint density at radius 3 is 1.02 bits per heavy atom. The van der Waals surface area contributed by atoms with Crippen LogP contribution >= 0.6 is 0 Å². The van der Waals surface area contributed by atoms with E-state index in [0.29, 0.717) is 22.4 Å². The molecule has 3 aromatic heterocycles. The van der Waals surface area contributed by atoms with E-state index in [0.717, 1.165) is 55.0 Å². The minimum absolute atomic E-state index is 0.617. The Labute approximate surface area is 285 Å². The largest absolute Gasteiger partial charge is 0.321 e. The molecule has 0 amide bonds. The summed E-state index contributed by atoms with van der Waals surface area (Å²) in [7, 11) is 0. The molecule has 10 rings (SSSR count). The van der Waals surface area contributed by atoms with E-state index in [2.05, 4.69) is 69.8 Å². The number of nitrogens with zero attached hydrogens (tertiary/aromatic N) is 4. The van der Waals surface area contributed by atoms with Crippen molar-refractivity contribution in [1.82, 2.24) is 18.3 Å². The summed E-state index contributed by atoms with van der Waals surface area (Å²) >= 11 is 0. The molecule has 0 saturated carbocycles. The lowest BCUT2D eigenvalue weighted by Gasteiger charge is -2.16. The molecule has 0 aliphatic carbocycles. The van der Waals surface area contributed by atoms with Gasteiger partial charge in [-0.1, -0.05) is 97.1 Å². The maximum Gasteiger partial charge on any atom is 0.321 e. The van der Waals surface area contributed by atoms with Crippen LogP contribution in [0, 0.1) is 0 Å². The molecule has 0 unspecified atom stereocenters. The molecule has 236 valence electrons. The maximum atomic E-state index is 14.4. The summed E-state index contributed by atoms with van der Waals surface area (Å²) in [6.45, 7) is 0. The molecule has 0 fully saturated rings. The molecule has 50 heavy (non-hydrogen) atoms. The standard InChI is InChI=1S/C44H28N4O2/c49-43-44(50)48(32-24-26-36-34-18-8-10-20-38(34)46(42(36)28-32)30-15-5-2-6-16-30)40-22-12-11-21-39(40)47(43)31-23-25-35-33-17-7-9-19-37(33)45(41(35)27-31)29-13-3-1-4-14-29/h1-28H. The SMILES string of the molecule is O=c1c(=O)n(-c2ccc3c4ccccc4n(-c4ccccc4)c3c2)c2ccccc2n1-c1ccc2c3ccccc3n(-c3ccccc3)c2c1. The quantitative estimate of drug-likeness (QED) is 0.179. The van der Waals surface area contributed by atoms with E-state index in [-0.39, 0.29) is 0 Å². The fourth-order valence-electron chi connectivity index (χ4n) is 7.67. The molecule has 0 bridgehead atoms. The number of rotatable bonds is 4. The number of benzene rings is 7. The van der Waals surface area contributed by atoms with Crippen LogP contribution in [0.25, 0.3) is 77.4 Å². The van der Waals surface area contributed by atoms with Crippen LogP contribution < -0.4 is 11.1 Å². The summed E-state index contributed by atoms with van der Waals surface area (Å²) < 4.78 is 7.54. The van der Waals surface area contributed by atoms with Gasteiger partial charge in [0.25, 0.3) is 0 Å². The predicted molar refractivity (Wildman–Crippen MR) is 204 cm³/mol. The summed E-state index contributed by atoms with van der Waals surface area (Å²) in [5, 5.41) is 4.38. The van der Waals surface area contributed by atoms with Crippen LogP contribution in [0.4, 0.5) is 0 Å². The van der Waals surface area contributed by atoms with Crippen LogP contribution in [-0.4, -0.2) is 18.3 Å². The second-order valence-electron chi connectivity index (χ2n) is 12.5. The van der Waals surface area contributed by atoms with E-state index < -0.39 is 11.1 Å². The number of fused-ring (bicyclic) bond motifs is 7. The Hall–Kier alpha value is -6.92. The zero-order chi connectivity index (χ0) is 33.3. The van der Waals surface area contributed by atoms with Crippen LogP contribution in [0.1, 0.15) is 0 Å². The second kappa shape index (κ2) is 10.8. The van der Waals surface area contributed by atoms with E-state index in [1.807, 2.05) is 109 Å². The zero-order valence-corrected chi connectivity index (χ0v) is 26.8. The Bertz CT molecular complexity index is 2870. The summed E-state index contributed by atoms with van der Waals surface area (Å²) in [5.74, 6) is 0. The lowest BCUT2D eigenvalue weighted by atomic mass is 10.1. The number of aromatic nitrogens is 4. The van der Waals surface area contributed by atoms with E-state index in [9.17, 15) is 9.59 Å². The van der Waals surface area contributed by atoms with Gasteiger partial charge in [0.1, 0.15) is 0 Å².